The number of aromatic nitrogens is 1. The minimum Gasteiger partial charge on any atom is -0.317 e. The maximum Gasteiger partial charge on any atom is 0.123 e. The normalized spacial score (nSPS) is 15.9. The lowest BCUT2D eigenvalue weighted by atomic mass is 10.0. The zero-order valence-corrected chi connectivity index (χ0v) is 15.9. The zero-order chi connectivity index (χ0) is 18.4. The Morgan fingerprint density at radius 1 is 1.04 bits per heavy atom. The first-order valence-electron chi connectivity index (χ1n) is 9.21. The van der Waals surface area contributed by atoms with Crippen LogP contribution in [0.4, 0.5) is 4.39 Å². The van der Waals surface area contributed by atoms with Gasteiger partial charge in [-0.3, -0.25) is 0 Å². The Kier molecular flexibility index (Phi) is 4.20. The third kappa shape index (κ3) is 2.77. The van der Waals surface area contributed by atoms with Crippen molar-refractivity contribution in [2.45, 2.75) is 33.7 Å². The first-order chi connectivity index (χ1) is 12.5. The van der Waals surface area contributed by atoms with E-state index in [1.54, 1.807) is 0 Å². The molecule has 0 aliphatic carbocycles. The summed E-state index contributed by atoms with van der Waals surface area (Å²) in [6.07, 6.45) is 1.05. The van der Waals surface area contributed by atoms with Crippen molar-refractivity contribution >= 4 is 22.2 Å². The van der Waals surface area contributed by atoms with Crippen molar-refractivity contribution in [2.24, 2.45) is 0 Å². The van der Waals surface area contributed by atoms with Crippen molar-refractivity contribution in [1.82, 2.24) is 9.47 Å². The van der Waals surface area contributed by atoms with E-state index in [1.807, 2.05) is 12.1 Å². The van der Waals surface area contributed by atoms with Crippen LogP contribution in [0.25, 0.3) is 22.2 Å². The molecule has 1 aromatic heterocycles. The van der Waals surface area contributed by atoms with E-state index in [1.165, 1.54) is 51.1 Å². The minimum absolute atomic E-state index is 0.193. The highest BCUT2D eigenvalue weighted by Gasteiger charge is 2.23. The molecular weight excluding hydrogens is 323 g/mol. The quantitative estimate of drug-likeness (QED) is 0.595. The van der Waals surface area contributed by atoms with Gasteiger partial charge in [-0.1, -0.05) is 23.8 Å². The maximum absolute atomic E-state index is 13.3. The number of rotatable bonds is 2. The van der Waals surface area contributed by atoms with Crippen molar-refractivity contribution in [1.29, 1.82) is 0 Å². The van der Waals surface area contributed by atoms with E-state index < -0.39 is 0 Å². The second-order valence-electron chi connectivity index (χ2n) is 7.49. The Hall–Kier alpha value is -2.39. The fourth-order valence-electron chi connectivity index (χ4n) is 4.07. The number of halogens is 1. The third-order valence-corrected chi connectivity index (χ3v) is 5.65. The van der Waals surface area contributed by atoms with Crippen LogP contribution in [0.3, 0.4) is 0 Å². The van der Waals surface area contributed by atoms with E-state index in [0.717, 1.165) is 25.1 Å². The summed E-state index contributed by atoms with van der Waals surface area (Å²) in [6.45, 7) is 8.53. The van der Waals surface area contributed by atoms with Gasteiger partial charge in [0.05, 0.1) is 5.52 Å². The first kappa shape index (κ1) is 17.0. The van der Waals surface area contributed by atoms with Crippen LogP contribution in [-0.4, -0.2) is 23.1 Å². The zero-order valence-electron chi connectivity index (χ0n) is 15.9. The average molecular weight is 348 g/mol. The molecule has 2 aromatic carbocycles. The van der Waals surface area contributed by atoms with Gasteiger partial charge >= 0.3 is 0 Å². The summed E-state index contributed by atoms with van der Waals surface area (Å²) in [5.74, 6) is -0.193. The summed E-state index contributed by atoms with van der Waals surface area (Å²) in [5.41, 5.74) is 8.91. The monoisotopic (exact) mass is 348 g/mol. The molecule has 0 bridgehead atoms. The molecule has 4 rings (SSSR count). The number of hydrogen-bond donors (Lipinski definition) is 0. The van der Waals surface area contributed by atoms with E-state index in [-0.39, 0.29) is 5.82 Å². The van der Waals surface area contributed by atoms with Crippen LogP contribution in [0, 0.1) is 12.7 Å². The van der Waals surface area contributed by atoms with Crippen LogP contribution in [0.15, 0.2) is 42.5 Å². The summed E-state index contributed by atoms with van der Waals surface area (Å²) < 4.78 is 15.7. The highest BCUT2D eigenvalue weighted by Crippen LogP contribution is 2.35. The van der Waals surface area contributed by atoms with Crippen LogP contribution in [0.1, 0.15) is 36.2 Å². The lowest BCUT2D eigenvalue weighted by molar-refractivity contribution is 0.311. The summed E-state index contributed by atoms with van der Waals surface area (Å²) in [7, 11) is 2.19. The van der Waals surface area contributed by atoms with Gasteiger partial charge in [-0.25, -0.2) is 4.39 Å². The molecule has 0 amide bonds. The summed E-state index contributed by atoms with van der Waals surface area (Å²) in [5, 5.41) is 1.36. The lowest BCUT2D eigenvalue weighted by Gasteiger charge is -2.25. The van der Waals surface area contributed by atoms with Crippen LogP contribution in [-0.2, 0) is 13.0 Å². The van der Waals surface area contributed by atoms with Crippen molar-refractivity contribution < 1.29 is 4.39 Å². The van der Waals surface area contributed by atoms with E-state index in [9.17, 15) is 4.39 Å². The van der Waals surface area contributed by atoms with E-state index >= 15 is 0 Å². The Labute approximate surface area is 154 Å². The Balaban J connectivity index is 1.96. The van der Waals surface area contributed by atoms with Gasteiger partial charge in [0.25, 0.3) is 0 Å². The number of fused-ring (bicyclic) bond motifs is 3. The predicted octanol–water partition coefficient (Wildman–Crippen LogP) is 5.48. The number of nitrogens with zero attached hydrogens (tertiary/aromatic N) is 2. The van der Waals surface area contributed by atoms with E-state index in [2.05, 4.69) is 55.5 Å². The molecule has 0 atom stereocenters. The largest absolute Gasteiger partial charge is 0.317 e. The molecule has 134 valence electrons. The Morgan fingerprint density at radius 3 is 2.50 bits per heavy atom. The summed E-state index contributed by atoms with van der Waals surface area (Å²) in [4.78, 5) is 2.39. The average Bonchev–Trinajstić information content (AvgIpc) is 2.94. The molecule has 0 saturated heterocycles. The van der Waals surface area contributed by atoms with Crippen LogP contribution in [0.2, 0.25) is 0 Å². The smallest absolute Gasteiger partial charge is 0.123 e. The van der Waals surface area contributed by atoms with E-state index in [0.29, 0.717) is 0 Å². The fraction of sp³-hybridized carbons (Fsp3) is 0.304. The minimum atomic E-state index is -0.193. The molecule has 26 heavy (non-hydrogen) atoms. The topological polar surface area (TPSA) is 8.17 Å². The second kappa shape index (κ2) is 6.40. The second-order valence-corrected chi connectivity index (χ2v) is 7.49. The van der Waals surface area contributed by atoms with Gasteiger partial charge < -0.3 is 9.47 Å². The first-order valence-corrected chi connectivity index (χ1v) is 9.21. The molecule has 3 heteroatoms. The summed E-state index contributed by atoms with van der Waals surface area (Å²) >= 11 is 0. The molecule has 0 saturated carbocycles. The molecule has 0 spiro atoms. The van der Waals surface area contributed by atoms with Crippen LogP contribution < -0.4 is 0 Å². The van der Waals surface area contributed by atoms with Gasteiger partial charge in [-0.15, -0.1) is 0 Å². The van der Waals surface area contributed by atoms with E-state index in [4.69, 9.17) is 0 Å². The van der Waals surface area contributed by atoms with Gasteiger partial charge in [-0.2, -0.15) is 0 Å². The molecule has 1 aliphatic rings. The third-order valence-electron chi connectivity index (χ3n) is 5.65. The van der Waals surface area contributed by atoms with Crippen molar-refractivity contribution in [2.75, 3.05) is 13.6 Å². The Morgan fingerprint density at radius 2 is 1.77 bits per heavy atom. The molecular formula is C23H25FN2. The Bertz CT molecular complexity index is 1010. The van der Waals surface area contributed by atoms with Gasteiger partial charge in [-0.05, 0) is 68.8 Å². The van der Waals surface area contributed by atoms with Crippen LogP contribution >= 0.6 is 0 Å². The van der Waals surface area contributed by atoms with Gasteiger partial charge in [0, 0.05) is 36.3 Å². The number of aryl methyl sites for hydroxylation is 1. The molecule has 0 radical (unpaired) electrons. The van der Waals surface area contributed by atoms with Crippen molar-refractivity contribution in [3.63, 3.8) is 0 Å². The number of likely N-dealkylation sites (N-methyl/N-ethyl adjacent to an activating group) is 1. The standard InChI is InChI=1S/C23H25FN2/c1-15-5-10-22-20(13-15)21-14-25(4)12-11-23(21)26(22)17(3)16(2)18-6-8-19(24)9-7-18/h5-10,13H,11-12,14H2,1-4H3. The van der Waals surface area contributed by atoms with Gasteiger partial charge in [0.2, 0.25) is 0 Å². The maximum atomic E-state index is 13.3. The number of benzene rings is 2. The molecule has 1 aliphatic heterocycles. The fourth-order valence-corrected chi connectivity index (χ4v) is 4.07. The molecule has 0 fully saturated rings. The highest BCUT2D eigenvalue weighted by atomic mass is 19.1. The molecule has 3 aromatic rings. The van der Waals surface area contributed by atoms with Crippen molar-refractivity contribution in [3.05, 3.63) is 70.7 Å². The molecule has 0 unspecified atom stereocenters. The molecule has 2 nitrogen and oxygen atoms in total. The summed E-state index contributed by atoms with van der Waals surface area (Å²) in [6, 6.07) is 13.5. The number of allylic oxidation sites excluding steroid dienone is 2. The SMILES string of the molecule is CC(=C(C)n1c2c(c3cc(C)ccc31)CN(C)CC2)c1ccc(F)cc1. The van der Waals surface area contributed by atoms with Gasteiger partial charge in [0.15, 0.2) is 0 Å². The van der Waals surface area contributed by atoms with Crippen LogP contribution in [0.5, 0.6) is 0 Å². The molecule has 2 heterocycles. The lowest BCUT2D eigenvalue weighted by Crippen LogP contribution is -2.27. The van der Waals surface area contributed by atoms with Crippen molar-refractivity contribution in [3.8, 4) is 0 Å². The predicted molar refractivity (Wildman–Crippen MR) is 108 cm³/mol. The molecule has 0 N–H and O–H groups in total. The number of hydrogen-bond acceptors (Lipinski definition) is 1. The van der Waals surface area contributed by atoms with Gasteiger partial charge in [0.1, 0.15) is 5.82 Å². The highest BCUT2D eigenvalue weighted by molar-refractivity contribution is 5.93.